The fourth-order valence-corrected chi connectivity index (χ4v) is 9.11. The van der Waals surface area contributed by atoms with Crippen molar-refractivity contribution >= 4 is 38.6 Å². The van der Waals surface area contributed by atoms with E-state index in [0.717, 1.165) is 5.69 Å². The van der Waals surface area contributed by atoms with E-state index < -0.39 is 5.41 Å². The maximum atomic E-state index is 2.48. The molecule has 0 amide bonds. The summed E-state index contributed by atoms with van der Waals surface area (Å²) in [7, 11) is 0. The van der Waals surface area contributed by atoms with Gasteiger partial charge in [-0.05, 0) is 146 Å². The smallest absolute Gasteiger partial charge is 0.0731 e. The fraction of sp³-hybridized carbons (Fsp3) is 0.0833. The highest BCUT2D eigenvalue weighted by molar-refractivity contribution is 6.07. The molecule has 0 heterocycles. The van der Waals surface area contributed by atoms with Crippen LogP contribution < -0.4 is 4.90 Å². The Morgan fingerprint density at radius 3 is 1.76 bits per heavy atom. The molecule has 0 fully saturated rings. The Balaban J connectivity index is 1.29. The van der Waals surface area contributed by atoms with E-state index >= 15 is 0 Å². The quantitative estimate of drug-likeness (QED) is 0.189. The van der Waals surface area contributed by atoms with E-state index in [4.69, 9.17) is 0 Å². The van der Waals surface area contributed by atoms with Gasteiger partial charge in [-0.1, -0.05) is 115 Å². The molecule has 0 saturated carbocycles. The predicted molar refractivity (Wildman–Crippen MR) is 207 cm³/mol. The monoisotopic (exact) mass is 625 g/mol. The number of aryl methyl sites for hydroxylation is 3. The summed E-state index contributed by atoms with van der Waals surface area (Å²) in [6.07, 6.45) is 0. The first-order valence-corrected chi connectivity index (χ1v) is 17.3. The summed E-state index contributed by atoms with van der Waals surface area (Å²) in [6.45, 7) is 6.58. The highest BCUT2D eigenvalue weighted by Gasteiger charge is 2.52. The number of fused-ring (bicyclic) bond motifs is 13. The van der Waals surface area contributed by atoms with Crippen molar-refractivity contribution in [3.05, 3.63) is 197 Å². The molecule has 2 aliphatic carbocycles. The number of rotatable bonds is 3. The summed E-state index contributed by atoms with van der Waals surface area (Å²) in [4.78, 5) is 2.43. The van der Waals surface area contributed by atoms with E-state index in [9.17, 15) is 0 Å². The molecule has 2 aliphatic rings. The molecule has 1 spiro atoms. The highest BCUT2D eigenvalue weighted by Crippen LogP contribution is 2.64. The molecule has 0 radical (unpaired) electrons. The summed E-state index contributed by atoms with van der Waals surface area (Å²) in [5.41, 5.74) is 17.8. The van der Waals surface area contributed by atoms with Gasteiger partial charge in [0.25, 0.3) is 0 Å². The van der Waals surface area contributed by atoms with Crippen LogP contribution in [0.25, 0.3) is 43.8 Å². The van der Waals surface area contributed by atoms with Crippen molar-refractivity contribution in [3.8, 4) is 22.3 Å². The van der Waals surface area contributed by atoms with Gasteiger partial charge < -0.3 is 4.90 Å². The number of para-hydroxylation sites is 1. The molecule has 1 heteroatoms. The molecule has 49 heavy (non-hydrogen) atoms. The van der Waals surface area contributed by atoms with Crippen molar-refractivity contribution in [2.24, 2.45) is 0 Å². The van der Waals surface area contributed by atoms with Gasteiger partial charge in [0.05, 0.1) is 5.41 Å². The lowest BCUT2D eigenvalue weighted by Crippen LogP contribution is -2.26. The summed E-state index contributed by atoms with van der Waals surface area (Å²) >= 11 is 0. The average molecular weight is 626 g/mol. The number of nitrogens with zero attached hydrogens (tertiary/aromatic N) is 1. The van der Waals surface area contributed by atoms with Gasteiger partial charge in [0.2, 0.25) is 0 Å². The molecule has 0 unspecified atom stereocenters. The molecular weight excluding hydrogens is 591 g/mol. The second kappa shape index (κ2) is 10.3. The Kier molecular flexibility index (Phi) is 5.91. The molecule has 0 saturated heterocycles. The van der Waals surface area contributed by atoms with Crippen molar-refractivity contribution in [1.29, 1.82) is 0 Å². The van der Waals surface area contributed by atoms with Gasteiger partial charge in [0.1, 0.15) is 0 Å². The third-order valence-electron chi connectivity index (χ3n) is 11.0. The second-order valence-electron chi connectivity index (χ2n) is 13.9. The van der Waals surface area contributed by atoms with Gasteiger partial charge in [-0.25, -0.2) is 0 Å². The molecule has 1 nitrogen and oxygen atoms in total. The molecule has 0 aliphatic heterocycles. The largest absolute Gasteiger partial charge is 0.310 e. The zero-order valence-electron chi connectivity index (χ0n) is 28.0. The number of benzene rings is 8. The van der Waals surface area contributed by atoms with Gasteiger partial charge in [-0.3, -0.25) is 0 Å². The van der Waals surface area contributed by atoms with Crippen molar-refractivity contribution in [3.63, 3.8) is 0 Å². The maximum Gasteiger partial charge on any atom is 0.0731 e. The Bertz CT molecular complexity index is 2590. The molecule has 0 N–H and O–H groups in total. The van der Waals surface area contributed by atoms with Crippen LogP contribution in [-0.4, -0.2) is 0 Å². The van der Waals surface area contributed by atoms with Gasteiger partial charge in [-0.2, -0.15) is 0 Å². The third-order valence-corrected chi connectivity index (χ3v) is 11.0. The van der Waals surface area contributed by atoms with Crippen LogP contribution in [0.15, 0.2) is 158 Å². The van der Waals surface area contributed by atoms with Crippen LogP contribution in [0.2, 0.25) is 0 Å². The SMILES string of the molecule is Cc1cc(C)cc(N(c2ccc3c4c(ccc3c2)-c2cc3ccccc3cc2C42c3ccccc3-c3ccccc32)c2ccccc2C)c1. The van der Waals surface area contributed by atoms with Crippen molar-refractivity contribution in [1.82, 2.24) is 0 Å². The zero-order valence-corrected chi connectivity index (χ0v) is 28.0. The molecule has 232 valence electrons. The first kappa shape index (κ1) is 28.1. The van der Waals surface area contributed by atoms with E-state index in [-0.39, 0.29) is 0 Å². The Hall–Kier alpha value is -5.92. The fourth-order valence-electron chi connectivity index (χ4n) is 9.11. The Morgan fingerprint density at radius 2 is 1.04 bits per heavy atom. The molecular formula is C48H35N. The predicted octanol–water partition coefficient (Wildman–Crippen LogP) is 12.7. The third kappa shape index (κ3) is 3.87. The van der Waals surface area contributed by atoms with Gasteiger partial charge >= 0.3 is 0 Å². The first-order chi connectivity index (χ1) is 24.0. The van der Waals surface area contributed by atoms with Crippen LogP contribution in [0.1, 0.15) is 38.9 Å². The highest BCUT2D eigenvalue weighted by atomic mass is 15.1. The molecule has 8 aromatic rings. The van der Waals surface area contributed by atoms with E-state index in [0.29, 0.717) is 0 Å². The van der Waals surface area contributed by atoms with Crippen molar-refractivity contribution in [2.45, 2.75) is 26.2 Å². The lowest BCUT2D eigenvalue weighted by molar-refractivity contribution is 0.802. The van der Waals surface area contributed by atoms with E-state index in [2.05, 4.69) is 183 Å². The van der Waals surface area contributed by atoms with Gasteiger partial charge in [-0.15, -0.1) is 0 Å². The summed E-state index contributed by atoms with van der Waals surface area (Å²) in [5, 5.41) is 5.11. The minimum absolute atomic E-state index is 0.410. The summed E-state index contributed by atoms with van der Waals surface area (Å²) in [6, 6.07) is 59.4. The van der Waals surface area contributed by atoms with Crippen molar-refractivity contribution < 1.29 is 0 Å². The van der Waals surface area contributed by atoms with E-state index in [1.54, 1.807) is 0 Å². The standard InChI is InChI=1S/C48H35N/c1-30-24-31(2)26-37(25-30)49(46-19-11-4-12-32(46)3)36-21-23-38-35(27-36)20-22-41-42-28-33-13-5-6-14-34(33)29-45(42)48(47(38)41)43-17-9-7-15-39(43)40-16-8-10-18-44(40)48/h4-29H,1-3H3. The van der Waals surface area contributed by atoms with Crippen LogP contribution in [0, 0.1) is 20.8 Å². The molecule has 8 aromatic carbocycles. The maximum absolute atomic E-state index is 2.48. The van der Waals surface area contributed by atoms with E-state index in [1.165, 1.54) is 94.1 Å². The normalized spacial score (nSPS) is 13.4. The summed E-state index contributed by atoms with van der Waals surface area (Å²) < 4.78 is 0. The van der Waals surface area contributed by atoms with Gasteiger partial charge in [0.15, 0.2) is 0 Å². The lowest BCUT2D eigenvalue weighted by atomic mass is 9.69. The van der Waals surface area contributed by atoms with Gasteiger partial charge in [0, 0.05) is 17.1 Å². The average Bonchev–Trinajstić information content (AvgIpc) is 3.58. The lowest BCUT2D eigenvalue weighted by Gasteiger charge is -2.32. The van der Waals surface area contributed by atoms with Crippen LogP contribution >= 0.6 is 0 Å². The minimum Gasteiger partial charge on any atom is -0.310 e. The number of anilines is 3. The number of hydrogen-bond acceptors (Lipinski definition) is 1. The molecule has 0 atom stereocenters. The van der Waals surface area contributed by atoms with Crippen molar-refractivity contribution in [2.75, 3.05) is 4.90 Å². The second-order valence-corrected chi connectivity index (χ2v) is 13.9. The molecule has 0 bridgehead atoms. The molecule has 10 rings (SSSR count). The Labute approximate surface area is 287 Å². The molecule has 0 aromatic heterocycles. The van der Waals surface area contributed by atoms with Crippen LogP contribution in [0.4, 0.5) is 17.1 Å². The van der Waals surface area contributed by atoms with Crippen LogP contribution in [-0.2, 0) is 5.41 Å². The van der Waals surface area contributed by atoms with E-state index in [1.807, 2.05) is 0 Å². The topological polar surface area (TPSA) is 3.24 Å². The Morgan fingerprint density at radius 1 is 0.408 bits per heavy atom. The summed E-state index contributed by atoms with van der Waals surface area (Å²) in [5.74, 6) is 0. The minimum atomic E-state index is -0.410. The van der Waals surface area contributed by atoms with Crippen LogP contribution in [0.3, 0.4) is 0 Å². The zero-order chi connectivity index (χ0) is 32.9. The first-order valence-electron chi connectivity index (χ1n) is 17.3. The van der Waals surface area contributed by atoms with Crippen LogP contribution in [0.5, 0.6) is 0 Å². The number of hydrogen-bond donors (Lipinski definition) is 0.